The first-order chi connectivity index (χ1) is 13.7. The summed E-state index contributed by atoms with van der Waals surface area (Å²) in [4.78, 5) is 17.5. The molecule has 0 spiro atoms. The predicted molar refractivity (Wildman–Crippen MR) is 118 cm³/mol. The highest BCUT2D eigenvalue weighted by Gasteiger charge is 2.08. The topological polar surface area (TPSA) is 60.5 Å². The average molecular weight is 417 g/mol. The first kappa shape index (κ1) is 20.2. The Bertz CT molecular complexity index is 931. The minimum absolute atomic E-state index is 0.159. The number of amides is 1. The van der Waals surface area contributed by atoms with Gasteiger partial charge in [-0.25, -0.2) is 5.43 Å². The highest BCUT2D eigenvalue weighted by Crippen LogP contribution is 2.18. The Morgan fingerprint density at radius 2 is 1.79 bits per heavy atom. The molecule has 2 aromatic carbocycles. The molecule has 5 nitrogen and oxygen atoms in total. The third kappa shape index (κ3) is 5.27. The number of aromatic amines is 1. The van der Waals surface area contributed by atoms with Crippen LogP contribution in [0.3, 0.4) is 0 Å². The molecule has 0 aliphatic heterocycles. The quantitative estimate of drug-likeness (QED) is 0.312. The van der Waals surface area contributed by atoms with E-state index in [0.29, 0.717) is 11.8 Å². The van der Waals surface area contributed by atoms with Gasteiger partial charge in [0.05, 0.1) is 12.6 Å². The summed E-state index contributed by atoms with van der Waals surface area (Å²) >= 11 is 11.7. The van der Waals surface area contributed by atoms with Gasteiger partial charge in [-0.1, -0.05) is 30.3 Å². The number of carbonyl (C=O) groups is 1. The van der Waals surface area contributed by atoms with Crippen LogP contribution in [-0.4, -0.2) is 42.0 Å². The minimum Gasteiger partial charge on any atom is -0.369 e. The Morgan fingerprint density at radius 3 is 2.50 bits per heavy atom. The van der Waals surface area contributed by atoms with E-state index in [4.69, 9.17) is 23.2 Å². The fourth-order valence-electron chi connectivity index (χ4n) is 3.01. The summed E-state index contributed by atoms with van der Waals surface area (Å²) in [5, 5.41) is 5.11. The molecule has 3 rings (SSSR count). The van der Waals surface area contributed by atoms with E-state index in [1.54, 1.807) is 6.21 Å². The van der Waals surface area contributed by atoms with Crippen LogP contribution in [0.5, 0.6) is 0 Å². The van der Waals surface area contributed by atoms with E-state index in [-0.39, 0.29) is 12.3 Å². The molecule has 146 valence electrons. The van der Waals surface area contributed by atoms with Crippen LogP contribution in [0.1, 0.15) is 11.1 Å². The molecular weight excluding hydrogens is 395 g/mol. The Kier molecular flexibility index (Phi) is 7.34. The van der Waals surface area contributed by atoms with Gasteiger partial charge in [-0.15, -0.1) is 23.2 Å². The number of anilines is 1. The number of benzene rings is 2. The number of hydrogen-bond donors (Lipinski definition) is 2. The number of hydrogen-bond acceptors (Lipinski definition) is 3. The van der Waals surface area contributed by atoms with Crippen LogP contribution in [0, 0.1) is 0 Å². The van der Waals surface area contributed by atoms with Gasteiger partial charge in [-0.2, -0.15) is 5.10 Å². The summed E-state index contributed by atoms with van der Waals surface area (Å²) in [6.45, 7) is 1.48. The number of aromatic nitrogens is 1. The largest absolute Gasteiger partial charge is 0.369 e. The van der Waals surface area contributed by atoms with Crippen molar-refractivity contribution in [1.82, 2.24) is 10.4 Å². The lowest BCUT2D eigenvalue weighted by Crippen LogP contribution is -2.27. The third-order valence-electron chi connectivity index (χ3n) is 4.40. The molecule has 0 fully saturated rings. The van der Waals surface area contributed by atoms with E-state index in [9.17, 15) is 4.79 Å². The van der Waals surface area contributed by atoms with Gasteiger partial charge in [0.2, 0.25) is 5.91 Å². The average Bonchev–Trinajstić information content (AvgIpc) is 3.11. The van der Waals surface area contributed by atoms with E-state index >= 15 is 0 Å². The summed E-state index contributed by atoms with van der Waals surface area (Å²) in [5.74, 6) is 0.929. The first-order valence-electron chi connectivity index (χ1n) is 9.05. The van der Waals surface area contributed by atoms with Gasteiger partial charge in [-0.3, -0.25) is 4.79 Å². The molecule has 0 aliphatic carbocycles. The molecule has 0 saturated heterocycles. The first-order valence-corrected chi connectivity index (χ1v) is 10.1. The summed E-state index contributed by atoms with van der Waals surface area (Å²) in [6, 6.07) is 15.8. The number of alkyl halides is 2. The molecule has 0 radical (unpaired) electrons. The second-order valence-electron chi connectivity index (χ2n) is 6.29. The summed E-state index contributed by atoms with van der Waals surface area (Å²) < 4.78 is 0. The van der Waals surface area contributed by atoms with Crippen molar-refractivity contribution in [1.29, 1.82) is 0 Å². The number of nitrogens with zero attached hydrogens (tertiary/aromatic N) is 2. The number of H-pyrrole nitrogens is 1. The number of halogens is 2. The zero-order valence-corrected chi connectivity index (χ0v) is 16.9. The molecule has 2 N–H and O–H groups in total. The van der Waals surface area contributed by atoms with Crippen molar-refractivity contribution in [3.8, 4) is 0 Å². The van der Waals surface area contributed by atoms with Crippen molar-refractivity contribution in [3.63, 3.8) is 0 Å². The number of nitrogens with one attached hydrogen (secondary N) is 2. The number of rotatable bonds is 9. The molecular formula is C21H22Cl2N4O. The second-order valence-corrected chi connectivity index (χ2v) is 7.04. The standard InChI is InChI=1S/C21H22Cl2N4O/c22-9-11-27(12-10-23)18-7-5-16(6-8-18)14-25-26-21(28)13-17-15-24-20-4-2-1-3-19(17)20/h1-8,14-15,24H,9-13H2,(H,26,28)/b25-14-. The Balaban J connectivity index is 1.56. The van der Waals surface area contributed by atoms with Crippen LogP contribution >= 0.6 is 23.2 Å². The van der Waals surface area contributed by atoms with Crippen LogP contribution in [-0.2, 0) is 11.2 Å². The molecule has 0 atom stereocenters. The number of para-hydroxylation sites is 1. The molecule has 3 aromatic rings. The molecule has 0 bridgehead atoms. The summed E-state index contributed by atoms with van der Waals surface area (Å²) in [7, 11) is 0. The fourth-order valence-corrected chi connectivity index (χ4v) is 3.42. The fraction of sp³-hybridized carbons (Fsp3) is 0.238. The molecule has 0 aliphatic rings. The van der Waals surface area contributed by atoms with Crippen molar-refractivity contribution < 1.29 is 4.79 Å². The van der Waals surface area contributed by atoms with Crippen molar-refractivity contribution in [2.75, 3.05) is 29.7 Å². The normalized spacial score (nSPS) is 11.2. The zero-order chi connectivity index (χ0) is 19.8. The molecule has 0 saturated carbocycles. The van der Waals surface area contributed by atoms with E-state index in [2.05, 4.69) is 20.4 Å². The number of fused-ring (bicyclic) bond motifs is 1. The minimum atomic E-state index is -0.159. The van der Waals surface area contributed by atoms with Gasteiger partial charge in [0.1, 0.15) is 0 Å². The highest BCUT2D eigenvalue weighted by atomic mass is 35.5. The Hall–Kier alpha value is -2.50. The van der Waals surface area contributed by atoms with Crippen LogP contribution in [0.2, 0.25) is 0 Å². The van der Waals surface area contributed by atoms with E-state index < -0.39 is 0 Å². The lowest BCUT2D eigenvalue weighted by atomic mass is 10.1. The monoisotopic (exact) mass is 416 g/mol. The van der Waals surface area contributed by atoms with Crippen LogP contribution in [0.4, 0.5) is 5.69 Å². The van der Waals surface area contributed by atoms with Crippen molar-refractivity contribution >= 4 is 51.9 Å². The Labute approximate surface area is 174 Å². The highest BCUT2D eigenvalue weighted by molar-refractivity contribution is 6.18. The third-order valence-corrected chi connectivity index (χ3v) is 4.73. The predicted octanol–water partition coefficient (Wildman–Crippen LogP) is 4.14. The van der Waals surface area contributed by atoms with Crippen molar-refractivity contribution in [2.24, 2.45) is 5.10 Å². The van der Waals surface area contributed by atoms with Gasteiger partial charge >= 0.3 is 0 Å². The molecule has 28 heavy (non-hydrogen) atoms. The second kappa shape index (κ2) is 10.2. The maximum Gasteiger partial charge on any atom is 0.244 e. The molecule has 7 heteroatoms. The SMILES string of the molecule is O=C(Cc1c[nH]c2ccccc12)N/N=C\c1ccc(N(CCCl)CCCl)cc1. The van der Waals surface area contributed by atoms with Crippen LogP contribution in [0.15, 0.2) is 59.8 Å². The summed E-state index contributed by atoms with van der Waals surface area (Å²) in [5.41, 5.74) is 6.51. The van der Waals surface area contributed by atoms with Crippen molar-refractivity contribution in [3.05, 3.63) is 65.9 Å². The zero-order valence-electron chi connectivity index (χ0n) is 15.4. The van der Waals surface area contributed by atoms with E-state index in [1.807, 2.05) is 54.7 Å². The lowest BCUT2D eigenvalue weighted by molar-refractivity contribution is -0.120. The van der Waals surface area contributed by atoms with Crippen LogP contribution < -0.4 is 10.3 Å². The smallest absolute Gasteiger partial charge is 0.244 e. The number of hydrazone groups is 1. The van der Waals surface area contributed by atoms with Gasteiger partial charge in [0, 0.05) is 47.6 Å². The molecule has 0 unspecified atom stereocenters. The maximum atomic E-state index is 12.2. The molecule has 1 aromatic heterocycles. The lowest BCUT2D eigenvalue weighted by Gasteiger charge is -2.22. The molecule has 1 amide bonds. The maximum absolute atomic E-state index is 12.2. The van der Waals surface area contributed by atoms with Gasteiger partial charge in [-0.05, 0) is 29.3 Å². The van der Waals surface area contributed by atoms with Gasteiger partial charge < -0.3 is 9.88 Å². The van der Waals surface area contributed by atoms with E-state index in [1.165, 1.54) is 0 Å². The van der Waals surface area contributed by atoms with Gasteiger partial charge in [0.25, 0.3) is 0 Å². The van der Waals surface area contributed by atoms with Crippen LogP contribution in [0.25, 0.3) is 10.9 Å². The molecule has 1 heterocycles. The van der Waals surface area contributed by atoms with E-state index in [0.717, 1.165) is 40.8 Å². The van der Waals surface area contributed by atoms with Crippen molar-refractivity contribution in [2.45, 2.75) is 6.42 Å². The Morgan fingerprint density at radius 1 is 1.07 bits per heavy atom. The van der Waals surface area contributed by atoms with Gasteiger partial charge in [0.15, 0.2) is 0 Å². The number of carbonyl (C=O) groups excluding carboxylic acids is 1. The summed E-state index contributed by atoms with van der Waals surface area (Å²) in [6.07, 6.45) is 3.76.